The number of Topliss-reactive ketones (excluding diaryl/α,β-unsaturated/α-hetero) is 1. The molecule has 3 N–H and O–H groups in total. The molecule has 0 amide bonds. The predicted octanol–water partition coefficient (Wildman–Crippen LogP) is 2.81. The summed E-state index contributed by atoms with van der Waals surface area (Å²) in [6, 6.07) is 3.75. The van der Waals surface area contributed by atoms with Gasteiger partial charge in [0.25, 0.3) is 0 Å². The number of aryl methyl sites for hydroxylation is 1. The van der Waals surface area contributed by atoms with Crippen molar-refractivity contribution in [3.8, 4) is 0 Å². The topological polar surface area (TPSA) is 115 Å². The number of fused-ring (bicyclic) bond motifs is 1. The van der Waals surface area contributed by atoms with E-state index in [1.54, 1.807) is 6.20 Å². The van der Waals surface area contributed by atoms with Crippen LogP contribution in [0.5, 0.6) is 0 Å². The molecule has 3 aromatic heterocycles. The number of carbonyl (C=O) groups excluding carboxylic acids is 1. The standard InChI is InChI=1S/C22H26N8O/c31-19(11-14-8-9-23-27-14)18-5-2-10-30(18)22-24-16-4-1-3-15(16)21(26-22)25-20-12-17(28-29-20)13-6-7-13/h8-9,12-13,18H,1-7,10-11H2,(H,23,27)(H2,24,25,26,28,29). The summed E-state index contributed by atoms with van der Waals surface area (Å²) in [5, 5.41) is 17.9. The number of carbonyl (C=O) groups is 1. The van der Waals surface area contributed by atoms with Crippen LogP contribution >= 0.6 is 0 Å². The number of H-pyrrole nitrogens is 2. The molecule has 3 aromatic rings. The van der Waals surface area contributed by atoms with Crippen LogP contribution in [0, 0.1) is 0 Å². The average Bonchev–Trinajstić information content (AvgIpc) is 3.27. The first-order valence-corrected chi connectivity index (χ1v) is 11.2. The largest absolute Gasteiger partial charge is 0.331 e. The Labute approximate surface area is 180 Å². The van der Waals surface area contributed by atoms with Crippen LogP contribution in [0.2, 0.25) is 0 Å². The molecular formula is C22H26N8O. The third-order valence-corrected chi connectivity index (χ3v) is 6.59. The molecule has 0 aromatic carbocycles. The molecule has 160 valence electrons. The van der Waals surface area contributed by atoms with Gasteiger partial charge >= 0.3 is 0 Å². The molecule has 1 atom stereocenters. The van der Waals surface area contributed by atoms with Gasteiger partial charge in [-0.1, -0.05) is 0 Å². The van der Waals surface area contributed by atoms with E-state index in [4.69, 9.17) is 9.97 Å². The van der Waals surface area contributed by atoms with Crippen molar-refractivity contribution in [3.63, 3.8) is 0 Å². The van der Waals surface area contributed by atoms with Gasteiger partial charge in [-0.15, -0.1) is 0 Å². The van der Waals surface area contributed by atoms with E-state index in [1.807, 2.05) is 6.07 Å². The second-order valence-electron chi connectivity index (χ2n) is 8.84. The monoisotopic (exact) mass is 418 g/mol. The number of aromatic nitrogens is 6. The first kappa shape index (κ1) is 18.5. The molecule has 0 bridgehead atoms. The fraction of sp³-hybridized carbons (Fsp3) is 0.500. The van der Waals surface area contributed by atoms with E-state index >= 15 is 0 Å². The number of anilines is 3. The fourth-order valence-electron chi connectivity index (χ4n) is 4.81. The average molecular weight is 419 g/mol. The third-order valence-electron chi connectivity index (χ3n) is 6.59. The molecule has 0 radical (unpaired) electrons. The summed E-state index contributed by atoms with van der Waals surface area (Å²) >= 11 is 0. The van der Waals surface area contributed by atoms with Crippen LogP contribution in [0.3, 0.4) is 0 Å². The summed E-state index contributed by atoms with van der Waals surface area (Å²) in [6.45, 7) is 0.797. The normalized spacial score (nSPS) is 20.3. The summed E-state index contributed by atoms with van der Waals surface area (Å²) in [5.41, 5.74) is 4.31. The number of hydrogen-bond acceptors (Lipinski definition) is 7. The van der Waals surface area contributed by atoms with Crippen LogP contribution in [0.1, 0.15) is 60.7 Å². The Balaban J connectivity index is 1.27. The lowest BCUT2D eigenvalue weighted by Gasteiger charge is -2.25. The van der Waals surface area contributed by atoms with Gasteiger partial charge in [0, 0.05) is 41.7 Å². The van der Waals surface area contributed by atoms with Crippen LogP contribution in [-0.2, 0) is 24.1 Å². The van der Waals surface area contributed by atoms with E-state index in [0.29, 0.717) is 18.3 Å². The zero-order chi connectivity index (χ0) is 20.8. The third kappa shape index (κ3) is 3.58. The fourth-order valence-corrected chi connectivity index (χ4v) is 4.81. The first-order valence-electron chi connectivity index (χ1n) is 11.2. The van der Waals surface area contributed by atoms with Gasteiger partial charge in [-0.05, 0) is 51.0 Å². The molecule has 9 heteroatoms. The highest BCUT2D eigenvalue weighted by Crippen LogP contribution is 2.40. The van der Waals surface area contributed by atoms with Gasteiger partial charge in [-0.2, -0.15) is 15.2 Å². The Morgan fingerprint density at radius 1 is 1.16 bits per heavy atom. The number of nitrogens with one attached hydrogen (secondary N) is 3. The maximum atomic E-state index is 13.0. The molecule has 1 unspecified atom stereocenters. The number of rotatable bonds is 7. The van der Waals surface area contributed by atoms with E-state index in [2.05, 4.69) is 36.7 Å². The molecule has 1 aliphatic heterocycles. The molecule has 2 aliphatic carbocycles. The molecule has 2 fully saturated rings. The van der Waals surface area contributed by atoms with Crippen molar-refractivity contribution in [2.45, 2.75) is 63.3 Å². The molecule has 4 heterocycles. The van der Waals surface area contributed by atoms with Crippen molar-refractivity contribution in [1.82, 2.24) is 30.4 Å². The zero-order valence-corrected chi connectivity index (χ0v) is 17.4. The molecule has 9 nitrogen and oxygen atoms in total. The van der Waals surface area contributed by atoms with Crippen molar-refractivity contribution >= 4 is 23.4 Å². The minimum atomic E-state index is -0.192. The summed E-state index contributed by atoms with van der Waals surface area (Å²) < 4.78 is 0. The van der Waals surface area contributed by atoms with E-state index in [1.165, 1.54) is 24.1 Å². The van der Waals surface area contributed by atoms with Crippen molar-refractivity contribution < 1.29 is 4.79 Å². The van der Waals surface area contributed by atoms with E-state index < -0.39 is 0 Å². The van der Waals surface area contributed by atoms with E-state index in [0.717, 1.165) is 61.7 Å². The molecule has 6 rings (SSSR count). The highest BCUT2D eigenvalue weighted by molar-refractivity contribution is 5.89. The summed E-state index contributed by atoms with van der Waals surface area (Å²) in [6.07, 6.45) is 9.31. The maximum absolute atomic E-state index is 13.0. The number of ketones is 1. The molecule has 1 saturated heterocycles. The summed E-state index contributed by atoms with van der Waals surface area (Å²) in [7, 11) is 0. The Morgan fingerprint density at radius 3 is 2.94 bits per heavy atom. The van der Waals surface area contributed by atoms with E-state index in [9.17, 15) is 4.79 Å². The van der Waals surface area contributed by atoms with Gasteiger partial charge in [0.15, 0.2) is 11.6 Å². The highest BCUT2D eigenvalue weighted by Gasteiger charge is 2.34. The first-order chi connectivity index (χ1) is 15.2. The lowest BCUT2D eigenvalue weighted by molar-refractivity contribution is -0.119. The van der Waals surface area contributed by atoms with Crippen molar-refractivity contribution in [2.24, 2.45) is 0 Å². The quantitative estimate of drug-likeness (QED) is 0.540. The summed E-state index contributed by atoms with van der Waals surface area (Å²) in [4.78, 5) is 24.9. The zero-order valence-electron chi connectivity index (χ0n) is 17.4. The highest BCUT2D eigenvalue weighted by atomic mass is 16.1. The predicted molar refractivity (Wildman–Crippen MR) is 116 cm³/mol. The molecule has 1 saturated carbocycles. The SMILES string of the molecule is O=C(Cc1ccn[nH]1)C1CCCN1c1nc2c(c(Nc3cc(C4CC4)[nH]n3)n1)CCC2. The Kier molecular flexibility index (Phi) is 4.47. The van der Waals surface area contributed by atoms with Crippen LogP contribution in [0.15, 0.2) is 18.3 Å². The van der Waals surface area contributed by atoms with Crippen LogP contribution in [0.25, 0.3) is 0 Å². The van der Waals surface area contributed by atoms with Crippen LogP contribution in [-0.4, -0.2) is 48.7 Å². The molecule has 3 aliphatic rings. The van der Waals surface area contributed by atoms with Crippen molar-refractivity contribution in [1.29, 1.82) is 0 Å². The van der Waals surface area contributed by atoms with Gasteiger partial charge in [0.1, 0.15) is 5.82 Å². The van der Waals surface area contributed by atoms with Crippen LogP contribution < -0.4 is 10.2 Å². The Morgan fingerprint density at radius 2 is 2.10 bits per heavy atom. The second-order valence-corrected chi connectivity index (χ2v) is 8.84. The van der Waals surface area contributed by atoms with Gasteiger partial charge in [0.05, 0.1) is 18.2 Å². The van der Waals surface area contributed by atoms with Crippen LogP contribution in [0.4, 0.5) is 17.6 Å². The lowest BCUT2D eigenvalue weighted by atomic mass is 10.1. The number of nitrogens with zero attached hydrogens (tertiary/aromatic N) is 5. The number of hydrogen-bond donors (Lipinski definition) is 3. The van der Waals surface area contributed by atoms with Crippen molar-refractivity contribution in [3.05, 3.63) is 41.0 Å². The Hall–Kier alpha value is -3.23. The Bertz CT molecular complexity index is 1100. The van der Waals surface area contributed by atoms with Crippen molar-refractivity contribution in [2.75, 3.05) is 16.8 Å². The minimum Gasteiger partial charge on any atom is -0.331 e. The van der Waals surface area contributed by atoms with E-state index in [-0.39, 0.29) is 11.8 Å². The lowest BCUT2D eigenvalue weighted by Crippen LogP contribution is -2.38. The van der Waals surface area contributed by atoms with Gasteiger partial charge < -0.3 is 10.2 Å². The second kappa shape index (κ2) is 7.47. The maximum Gasteiger partial charge on any atom is 0.228 e. The molecule has 0 spiro atoms. The molecule has 31 heavy (non-hydrogen) atoms. The summed E-state index contributed by atoms with van der Waals surface area (Å²) in [5.74, 6) is 3.09. The minimum absolute atomic E-state index is 0.182. The number of aromatic amines is 2. The van der Waals surface area contributed by atoms with Gasteiger partial charge in [-0.3, -0.25) is 15.0 Å². The molecular weight excluding hydrogens is 392 g/mol. The smallest absolute Gasteiger partial charge is 0.228 e. The van der Waals surface area contributed by atoms with Gasteiger partial charge in [-0.25, -0.2) is 4.98 Å². The van der Waals surface area contributed by atoms with Gasteiger partial charge in [0.2, 0.25) is 5.95 Å².